The minimum Gasteiger partial charge on any atom is -0.320 e. The third kappa shape index (κ3) is 3.21. The number of hydrogen-bond acceptors (Lipinski definition) is 3. The third-order valence-corrected chi connectivity index (χ3v) is 5.63. The van der Waals surface area contributed by atoms with E-state index in [1.165, 1.54) is 4.31 Å². The first kappa shape index (κ1) is 15.0. The maximum Gasteiger partial charge on any atom is 0.243 e. The fourth-order valence-corrected chi connectivity index (χ4v) is 3.91. The van der Waals surface area contributed by atoms with E-state index in [1.807, 2.05) is 0 Å². The lowest BCUT2D eigenvalue weighted by atomic mass is 10.2. The van der Waals surface area contributed by atoms with Gasteiger partial charge in [0.15, 0.2) is 0 Å². The summed E-state index contributed by atoms with van der Waals surface area (Å²) in [6, 6.07) is 6.80. The number of sulfonamides is 1. The quantitative estimate of drug-likeness (QED) is 0.860. The highest BCUT2D eigenvalue weighted by molar-refractivity contribution is 7.89. The number of hydrogen-bond donors (Lipinski definition) is 1. The summed E-state index contributed by atoms with van der Waals surface area (Å²) in [7, 11) is -1.73. The van der Waals surface area contributed by atoms with Crippen LogP contribution in [0.15, 0.2) is 29.2 Å². The molecule has 1 aromatic carbocycles. The van der Waals surface area contributed by atoms with Crippen molar-refractivity contribution < 1.29 is 8.42 Å². The van der Waals surface area contributed by atoms with Gasteiger partial charge in [-0.1, -0.05) is 24.7 Å². The molecule has 1 aromatic rings. The summed E-state index contributed by atoms with van der Waals surface area (Å²) >= 11 is 0. The van der Waals surface area contributed by atoms with Crippen LogP contribution in [0, 0.1) is 11.8 Å². The van der Waals surface area contributed by atoms with Crippen LogP contribution in [-0.4, -0.2) is 32.4 Å². The van der Waals surface area contributed by atoms with E-state index in [0.717, 1.165) is 31.2 Å². The molecule has 0 heterocycles. The SMILES string of the molecule is CN(C1CCCC1)S(=O)(=O)c1ccc(C#CCN)cc1. The molecule has 0 spiro atoms. The molecule has 0 aliphatic heterocycles. The van der Waals surface area contributed by atoms with Crippen LogP contribution in [0.2, 0.25) is 0 Å². The number of nitrogens with zero attached hydrogens (tertiary/aromatic N) is 1. The third-order valence-electron chi connectivity index (χ3n) is 3.71. The molecule has 2 rings (SSSR count). The summed E-state index contributed by atoms with van der Waals surface area (Å²) in [5, 5.41) is 0. The highest BCUT2D eigenvalue weighted by atomic mass is 32.2. The Morgan fingerprint density at radius 2 is 1.85 bits per heavy atom. The molecule has 4 nitrogen and oxygen atoms in total. The Hall–Kier alpha value is -1.35. The van der Waals surface area contributed by atoms with Crippen LogP contribution in [0.4, 0.5) is 0 Å². The predicted molar refractivity (Wildman–Crippen MR) is 79.6 cm³/mol. The molecule has 0 aromatic heterocycles. The van der Waals surface area contributed by atoms with E-state index >= 15 is 0 Å². The normalized spacial score (nSPS) is 16.1. The van der Waals surface area contributed by atoms with Crippen LogP contribution in [0.5, 0.6) is 0 Å². The average molecular weight is 292 g/mol. The van der Waals surface area contributed by atoms with Crippen LogP contribution < -0.4 is 5.73 Å². The first-order chi connectivity index (χ1) is 9.55. The molecule has 5 heteroatoms. The largest absolute Gasteiger partial charge is 0.320 e. The zero-order valence-corrected chi connectivity index (χ0v) is 12.5. The maximum absolute atomic E-state index is 12.5. The van der Waals surface area contributed by atoms with Crippen molar-refractivity contribution in [1.82, 2.24) is 4.31 Å². The van der Waals surface area contributed by atoms with E-state index in [-0.39, 0.29) is 6.04 Å². The Morgan fingerprint density at radius 1 is 1.25 bits per heavy atom. The summed E-state index contributed by atoms with van der Waals surface area (Å²) in [4.78, 5) is 0.324. The summed E-state index contributed by atoms with van der Waals surface area (Å²) in [6.45, 7) is 0.296. The van der Waals surface area contributed by atoms with Gasteiger partial charge in [-0.15, -0.1) is 0 Å². The highest BCUT2D eigenvalue weighted by Gasteiger charge is 2.29. The zero-order valence-electron chi connectivity index (χ0n) is 11.7. The van der Waals surface area contributed by atoms with Gasteiger partial charge in [-0.25, -0.2) is 8.42 Å². The smallest absolute Gasteiger partial charge is 0.243 e. The minimum absolute atomic E-state index is 0.136. The molecule has 1 fully saturated rings. The second-order valence-corrected chi connectivity index (χ2v) is 6.99. The van der Waals surface area contributed by atoms with Crippen LogP contribution in [0.3, 0.4) is 0 Å². The molecule has 0 unspecified atom stereocenters. The van der Waals surface area contributed by atoms with Gasteiger partial charge in [0.2, 0.25) is 10.0 Å². The van der Waals surface area contributed by atoms with Gasteiger partial charge < -0.3 is 5.73 Å². The van der Waals surface area contributed by atoms with E-state index in [1.54, 1.807) is 31.3 Å². The van der Waals surface area contributed by atoms with Gasteiger partial charge >= 0.3 is 0 Å². The monoisotopic (exact) mass is 292 g/mol. The van der Waals surface area contributed by atoms with Gasteiger partial charge in [-0.2, -0.15) is 4.31 Å². The van der Waals surface area contributed by atoms with Crippen LogP contribution >= 0.6 is 0 Å². The molecule has 0 amide bonds. The van der Waals surface area contributed by atoms with E-state index in [2.05, 4.69) is 11.8 Å². The van der Waals surface area contributed by atoms with Crippen molar-refractivity contribution in [1.29, 1.82) is 0 Å². The van der Waals surface area contributed by atoms with Gasteiger partial charge in [0.05, 0.1) is 11.4 Å². The first-order valence-electron chi connectivity index (χ1n) is 6.83. The van der Waals surface area contributed by atoms with E-state index in [9.17, 15) is 8.42 Å². The molecule has 0 bridgehead atoms. The van der Waals surface area contributed by atoms with Gasteiger partial charge in [0.25, 0.3) is 0 Å². The minimum atomic E-state index is -3.40. The molecule has 1 aliphatic rings. The van der Waals surface area contributed by atoms with Gasteiger partial charge in [0.1, 0.15) is 0 Å². The van der Waals surface area contributed by atoms with Crippen molar-refractivity contribution >= 4 is 10.0 Å². The topological polar surface area (TPSA) is 63.4 Å². The molecule has 0 saturated heterocycles. The molecule has 1 aliphatic carbocycles. The number of nitrogens with two attached hydrogens (primary N) is 1. The van der Waals surface area contributed by atoms with Gasteiger partial charge in [-0.3, -0.25) is 0 Å². The molecular weight excluding hydrogens is 272 g/mol. The molecule has 2 N–H and O–H groups in total. The standard InChI is InChI=1S/C15H20N2O2S/c1-17(14-6-2-3-7-14)20(18,19)15-10-8-13(9-11-15)5-4-12-16/h8-11,14H,2-3,6-7,12,16H2,1H3. The summed E-state index contributed by atoms with van der Waals surface area (Å²) in [6.07, 6.45) is 4.13. The number of benzene rings is 1. The lowest BCUT2D eigenvalue weighted by molar-refractivity contribution is 0.373. The van der Waals surface area contributed by atoms with Crippen molar-refractivity contribution in [2.75, 3.05) is 13.6 Å². The second kappa shape index (κ2) is 6.40. The average Bonchev–Trinajstić information content (AvgIpc) is 2.98. The summed E-state index contributed by atoms with van der Waals surface area (Å²) < 4.78 is 26.5. The van der Waals surface area contributed by atoms with Crippen molar-refractivity contribution in [3.05, 3.63) is 29.8 Å². The zero-order chi connectivity index (χ0) is 14.6. The molecule has 108 valence electrons. The van der Waals surface area contributed by atoms with Gasteiger partial charge in [-0.05, 0) is 37.1 Å². The van der Waals surface area contributed by atoms with E-state index in [0.29, 0.717) is 11.4 Å². The maximum atomic E-state index is 12.5. The first-order valence-corrected chi connectivity index (χ1v) is 8.27. The Morgan fingerprint density at radius 3 is 2.40 bits per heavy atom. The number of rotatable bonds is 3. The summed E-state index contributed by atoms with van der Waals surface area (Å²) in [5.74, 6) is 5.63. The molecule has 1 saturated carbocycles. The van der Waals surface area contributed by atoms with Crippen molar-refractivity contribution in [3.8, 4) is 11.8 Å². The van der Waals surface area contributed by atoms with E-state index < -0.39 is 10.0 Å². The van der Waals surface area contributed by atoms with Crippen molar-refractivity contribution in [3.63, 3.8) is 0 Å². The Balaban J connectivity index is 2.20. The molecule has 0 atom stereocenters. The Labute approximate surface area is 121 Å². The van der Waals surface area contributed by atoms with Crippen LogP contribution in [0.1, 0.15) is 31.2 Å². The highest BCUT2D eigenvalue weighted by Crippen LogP contribution is 2.27. The Bertz CT molecular complexity index is 606. The predicted octanol–water partition coefficient (Wildman–Crippen LogP) is 1.56. The fraction of sp³-hybridized carbons (Fsp3) is 0.467. The van der Waals surface area contributed by atoms with Crippen molar-refractivity contribution in [2.24, 2.45) is 5.73 Å². The summed E-state index contributed by atoms with van der Waals surface area (Å²) in [5.41, 5.74) is 6.08. The fourth-order valence-electron chi connectivity index (χ4n) is 2.49. The van der Waals surface area contributed by atoms with Crippen LogP contribution in [0.25, 0.3) is 0 Å². The van der Waals surface area contributed by atoms with Crippen molar-refractivity contribution in [2.45, 2.75) is 36.6 Å². The lowest BCUT2D eigenvalue weighted by Gasteiger charge is -2.23. The van der Waals surface area contributed by atoms with Gasteiger partial charge in [0, 0.05) is 18.7 Å². The molecule has 0 radical (unpaired) electrons. The van der Waals surface area contributed by atoms with E-state index in [4.69, 9.17) is 5.73 Å². The molecular formula is C15H20N2O2S. The Kier molecular flexibility index (Phi) is 4.81. The van der Waals surface area contributed by atoms with Crippen LogP contribution in [-0.2, 0) is 10.0 Å². The second-order valence-electron chi connectivity index (χ2n) is 4.99. The molecule has 20 heavy (non-hydrogen) atoms. The lowest BCUT2D eigenvalue weighted by Crippen LogP contribution is -2.35.